The average Bonchev–Trinajstić information content (AvgIpc) is 2.89. The van der Waals surface area contributed by atoms with Gasteiger partial charge in [-0.3, -0.25) is 0 Å². The van der Waals surface area contributed by atoms with Crippen molar-refractivity contribution in [3.05, 3.63) is 60.5 Å². The van der Waals surface area contributed by atoms with E-state index in [0.717, 1.165) is 22.0 Å². The van der Waals surface area contributed by atoms with Crippen LogP contribution in [-0.2, 0) is 6.54 Å². The van der Waals surface area contributed by atoms with Crippen LogP contribution in [0.2, 0.25) is 0 Å². The van der Waals surface area contributed by atoms with Crippen LogP contribution in [0.25, 0.3) is 22.0 Å². The lowest BCUT2D eigenvalue weighted by Crippen LogP contribution is -2.03. The quantitative estimate of drug-likeness (QED) is 0.688. The summed E-state index contributed by atoms with van der Waals surface area (Å²) in [6, 6.07) is 17.0. The van der Waals surface area contributed by atoms with Gasteiger partial charge in [-0.2, -0.15) is 5.26 Å². The standard InChI is InChI=1S/C18H15FN2/c1-13(11-20)12-21-8-7-16-9-15(5-6-18(16)21)14-3-2-4-17(19)10-14/h2-10,13H,12H2,1H3. The van der Waals surface area contributed by atoms with E-state index in [0.29, 0.717) is 6.54 Å². The first-order chi connectivity index (χ1) is 10.2. The van der Waals surface area contributed by atoms with Crippen LogP contribution in [0.4, 0.5) is 4.39 Å². The van der Waals surface area contributed by atoms with E-state index in [1.165, 1.54) is 12.1 Å². The smallest absolute Gasteiger partial charge is 0.123 e. The summed E-state index contributed by atoms with van der Waals surface area (Å²) in [5.41, 5.74) is 2.96. The SMILES string of the molecule is CC(C#N)Cn1ccc2cc(-c3cccc(F)c3)ccc21. The van der Waals surface area contributed by atoms with Crippen LogP contribution in [0.1, 0.15) is 6.92 Å². The Bertz CT molecular complexity index is 827. The summed E-state index contributed by atoms with van der Waals surface area (Å²) in [6.07, 6.45) is 1.99. The summed E-state index contributed by atoms with van der Waals surface area (Å²) in [5, 5.41) is 10.0. The Morgan fingerprint density at radius 3 is 2.71 bits per heavy atom. The van der Waals surface area contributed by atoms with Gasteiger partial charge in [0, 0.05) is 23.6 Å². The molecule has 0 bridgehead atoms. The molecule has 0 saturated carbocycles. The largest absolute Gasteiger partial charge is 0.346 e. The van der Waals surface area contributed by atoms with Gasteiger partial charge in [-0.1, -0.05) is 18.2 Å². The molecule has 3 heteroatoms. The van der Waals surface area contributed by atoms with Crippen LogP contribution in [0.5, 0.6) is 0 Å². The van der Waals surface area contributed by atoms with Crippen LogP contribution in [-0.4, -0.2) is 4.57 Å². The van der Waals surface area contributed by atoms with Gasteiger partial charge >= 0.3 is 0 Å². The van der Waals surface area contributed by atoms with E-state index in [4.69, 9.17) is 5.26 Å². The van der Waals surface area contributed by atoms with Gasteiger partial charge in [0.1, 0.15) is 5.82 Å². The van der Waals surface area contributed by atoms with Gasteiger partial charge in [0.15, 0.2) is 0 Å². The summed E-state index contributed by atoms with van der Waals surface area (Å²) in [6.45, 7) is 2.59. The molecule has 104 valence electrons. The number of halogens is 1. The number of hydrogen-bond acceptors (Lipinski definition) is 1. The molecule has 0 fully saturated rings. The van der Waals surface area contributed by atoms with E-state index in [1.807, 2.05) is 37.4 Å². The Balaban J connectivity index is 2.01. The molecule has 0 saturated heterocycles. The van der Waals surface area contributed by atoms with Crippen molar-refractivity contribution in [2.75, 3.05) is 0 Å². The highest BCUT2D eigenvalue weighted by molar-refractivity contribution is 5.85. The molecule has 3 rings (SSSR count). The monoisotopic (exact) mass is 278 g/mol. The van der Waals surface area contributed by atoms with Gasteiger partial charge in [-0.15, -0.1) is 0 Å². The molecule has 0 amide bonds. The second-order valence-electron chi connectivity index (χ2n) is 5.28. The lowest BCUT2D eigenvalue weighted by atomic mass is 10.0. The second kappa shape index (κ2) is 5.41. The highest BCUT2D eigenvalue weighted by Gasteiger charge is 2.07. The minimum atomic E-state index is -0.229. The van der Waals surface area contributed by atoms with E-state index >= 15 is 0 Å². The summed E-state index contributed by atoms with van der Waals surface area (Å²) < 4.78 is 15.4. The second-order valence-corrected chi connectivity index (χ2v) is 5.28. The maximum Gasteiger partial charge on any atom is 0.123 e. The van der Waals surface area contributed by atoms with Crippen molar-refractivity contribution >= 4 is 10.9 Å². The molecular formula is C18H15FN2. The van der Waals surface area contributed by atoms with Crippen molar-refractivity contribution in [1.29, 1.82) is 5.26 Å². The normalized spacial score (nSPS) is 12.2. The third kappa shape index (κ3) is 2.66. The molecule has 2 nitrogen and oxygen atoms in total. The first-order valence-electron chi connectivity index (χ1n) is 6.92. The lowest BCUT2D eigenvalue weighted by Gasteiger charge is -2.07. The molecule has 1 heterocycles. The zero-order valence-corrected chi connectivity index (χ0v) is 11.8. The molecule has 1 atom stereocenters. The van der Waals surface area contributed by atoms with Gasteiger partial charge in [-0.25, -0.2) is 4.39 Å². The Morgan fingerprint density at radius 1 is 1.14 bits per heavy atom. The molecule has 0 aliphatic heterocycles. The Hall–Kier alpha value is -2.60. The Kier molecular flexibility index (Phi) is 3.45. The average molecular weight is 278 g/mol. The highest BCUT2D eigenvalue weighted by atomic mass is 19.1. The fourth-order valence-electron chi connectivity index (χ4n) is 2.54. The zero-order valence-electron chi connectivity index (χ0n) is 11.8. The van der Waals surface area contributed by atoms with E-state index in [-0.39, 0.29) is 11.7 Å². The molecule has 1 unspecified atom stereocenters. The van der Waals surface area contributed by atoms with Crippen molar-refractivity contribution in [1.82, 2.24) is 4.57 Å². The van der Waals surface area contributed by atoms with Crippen molar-refractivity contribution in [2.24, 2.45) is 5.92 Å². The molecule has 0 N–H and O–H groups in total. The predicted molar refractivity (Wildman–Crippen MR) is 82.1 cm³/mol. The molecule has 21 heavy (non-hydrogen) atoms. The number of aromatic nitrogens is 1. The maximum absolute atomic E-state index is 13.3. The maximum atomic E-state index is 13.3. The topological polar surface area (TPSA) is 28.7 Å². The van der Waals surface area contributed by atoms with Gasteiger partial charge in [0.25, 0.3) is 0 Å². The van der Waals surface area contributed by atoms with Gasteiger partial charge in [0.05, 0.1) is 12.0 Å². The summed E-state index contributed by atoms with van der Waals surface area (Å²) in [7, 11) is 0. The van der Waals surface area contributed by atoms with Crippen molar-refractivity contribution < 1.29 is 4.39 Å². The van der Waals surface area contributed by atoms with Gasteiger partial charge in [-0.05, 0) is 48.4 Å². The molecule has 1 aromatic heterocycles. The minimum absolute atomic E-state index is 0.0245. The summed E-state index contributed by atoms with van der Waals surface area (Å²) >= 11 is 0. The van der Waals surface area contributed by atoms with Crippen LogP contribution in [0.15, 0.2) is 54.7 Å². The van der Waals surface area contributed by atoms with Crippen LogP contribution >= 0.6 is 0 Å². The van der Waals surface area contributed by atoms with Crippen molar-refractivity contribution in [2.45, 2.75) is 13.5 Å². The van der Waals surface area contributed by atoms with E-state index < -0.39 is 0 Å². The number of nitriles is 1. The summed E-state index contributed by atoms with van der Waals surface area (Å²) in [4.78, 5) is 0. The Labute approximate surface area is 123 Å². The molecular weight excluding hydrogens is 263 g/mol. The molecule has 0 aliphatic carbocycles. The Morgan fingerprint density at radius 2 is 1.95 bits per heavy atom. The number of benzene rings is 2. The highest BCUT2D eigenvalue weighted by Crippen LogP contribution is 2.26. The van der Waals surface area contributed by atoms with E-state index in [1.54, 1.807) is 6.07 Å². The lowest BCUT2D eigenvalue weighted by molar-refractivity contribution is 0.596. The summed E-state index contributed by atoms with van der Waals surface area (Å²) in [5.74, 6) is -0.253. The molecule has 0 spiro atoms. The fourth-order valence-corrected chi connectivity index (χ4v) is 2.54. The van der Waals surface area contributed by atoms with Crippen LogP contribution < -0.4 is 0 Å². The third-order valence-corrected chi connectivity index (χ3v) is 3.62. The zero-order chi connectivity index (χ0) is 14.8. The third-order valence-electron chi connectivity index (χ3n) is 3.62. The minimum Gasteiger partial charge on any atom is -0.346 e. The predicted octanol–water partition coefficient (Wildman–Crippen LogP) is 4.61. The molecule has 2 aromatic carbocycles. The number of rotatable bonds is 3. The molecule has 0 aliphatic rings. The van der Waals surface area contributed by atoms with Crippen LogP contribution in [0.3, 0.4) is 0 Å². The van der Waals surface area contributed by atoms with E-state index in [9.17, 15) is 4.39 Å². The number of nitrogens with zero attached hydrogens (tertiary/aromatic N) is 2. The number of fused-ring (bicyclic) bond motifs is 1. The van der Waals surface area contributed by atoms with Gasteiger partial charge < -0.3 is 4.57 Å². The first kappa shape index (κ1) is 13.4. The number of hydrogen-bond donors (Lipinski definition) is 0. The first-order valence-corrected chi connectivity index (χ1v) is 6.92. The van der Waals surface area contributed by atoms with Crippen molar-refractivity contribution in [3.63, 3.8) is 0 Å². The fraction of sp³-hybridized carbons (Fsp3) is 0.167. The van der Waals surface area contributed by atoms with E-state index in [2.05, 4.69) is 16.7 Å². The van der Waals surface area contributed by atoms with Crippen molar-refractivity contribution in [3.8, 4) is 17.2 Å². The molecule has 0 radical (unpaired) electrons. The van der Waals surface area contributed by atoms with Crippen LogP contribution in [0, 0.1) is 23.1 Å². The van der Waals surface area contributed by atoms with Gasteiger partial charge in [0.2, 0.25) is 0 Å². The molecule has 3 aromatic rings.